The molecule has 2 amide bonds. The van der Waals surface area contributed by atoms with Gasteiger partial charge in [-0.1, -0.05) is 0 Å². The minimum Gasteiger partial charge on any atom is -0.482 e. The zero-order valence-corrected chi connectivity index (χ0v) is 27.0. The number of nitrogens with zero attached hydrogens (tertiary/aromatic N) is 5. The zero-order chi connectivity index (χ0) is 33.4. The van der Waals surface area contributed by atoms with Crippen LogP contribution >= 0.6 is 0 Å². The van der Waals surface area contributed by atoms with Crippen molar-refractivity contribution in [3.63, 3.8) is 0 Å². The predicted octanol–water partition coefficient (Wildman–Crippen LogP) is 5.55. The van der Waals surface area contributed by atoms with Gasteiger partial charge in [0.15, 0.2) is 5.88 Å². The molecule has 10 nitrogen and oxygen atoms in total. The van der Waals surface area contributed by atoms with Crippen molar-refractivity contribution in [2.24, 2.45) is 11.7 Å². The first-order valence-corrected chi connectivity index (χ1v) is 16.5. The number of fused-ring (bicyclic) bond motifs is 4. The van der Waals surface area contributed by atoms with Gasteiger partial charge in [-0.05, 0) is 88.3 Å². The van der Waals surface area contributed by atoms with Gasteiger partial charge < -0.3 is 25.3 Å². The van der Waals surface area contributed by atoms with Crippen LogP contribution in [0, 0.1) is 24.5 Å². The molecule has 2 saturated heterocycles. The summed E-state index contributed by atoms with van der Waals surface area (Å²) in [5, 5.41) is 3.71. The van der Waals surface area contributed by atoms with E-state index < -0.39 is 23.6 Å². The van der Waals surface area contributed by atoms with Crippen LogP contribution in [-0.4, -0.2) is 60.9 Å². The van der Waals surface area contributed by atoms with Gasteiger partial charge in [0.05, 0.1) is 35.8 Å². The smallest absolute Gasteiger partial charge is 0.254 e. The number of nitrogens with two attached hydrogens (primary N) is 1. The van der Waals surface area contributed by atoms with Gasteiger partial charge in [-0.3, -0.25) is 14.0 Å². The number of methoxy groups -OCH3 is 1. The minimum absolute atomic E-state index is 0.0122. The van der Waals surface area contributed by atoms with Crippen LogP contribution in [0.1, 0.15) is 77.2 Å². The molecular weight excluding hydrogens is 616 g/mol. The highest BCUT2D eigenvalue weighted by molar-refractivity contribution is 5.97. The predicted molar refractivity (Wildman–Crippen MR) is 176 cm³/mol. The molecule has 2 bridgehead atoms. The Morgan fingerprint density at radius 1 is 1.06 bits per heavy atom. The number of hydrogen-bond donors (Lipinski definition) is 2. The molecule has 0 spiro atoms. The summed E-state index contributed by atoms with van der Waals surface area (Å²) in [6, 6.07) is 12.1. The topological polar surface area (TPSA) is 120 Å². The van der Waals surface area contributed by atoms with E-state index in [0.29, 0.717) is 34.8 Å². The van der Waals surface area contributed by atoms with Gasteiger partial charge in [-0.25, -0.2) is 18.7 Å². The molecule has 248 valence electrons. The molecule has 12 heteroatoms. The maximum absolute atomic E-state index is 14.3. The van der Waals surface area contributed by atoms with Crippen LogP contribution in [-0.2, 0) is 6.54 Å². The molecule has 5 aromatic rings. The number of imidazole rings is 1. The van der Waals surface area contributed by atoms with Crippen molar-refractivity contribution in [3.05, 3.63) is 82.7 Å². The third-order valence-corrected chi connectivity index (χ3v) is 10.3. The Morgan fingerprint density at radius 3 is 2.56 bits per heavy atom. The Bertz CT molecular complexity index is 2120. The zero-order valence-electron chi connectivity index (χ0n) is 27.0. The number of benzene rings is 1. The van der Waals surface area contributed by atoms with Gasteiger partial charge in [-0.15, -0.1) is 0 Å². The van der Waals surface area contributed by atoms with E-state index in [9.17, 15) is 18.4 Å². The van der Waals surface area contributed by atoms with Crippen molar-refractivity contribution in [1.82, 2.24) is 29.2 Å². The molecule has 0 radical (unpaired) electrons. The number of nitrogens with one attached hydrogen (secondary N) is 1. The number of amides is 2. The summed E-state index contributed by atoms with van der Waals surface area (Å²) in [7, 11) is 1.59. The Balaban J connectivity index is 1.16. The highest BCUT2D eigenvalue weighted by Gasteiger charge is 2.47. The number of rotatable bonds is 8. The molecule has 3 fully saturated rings. The first-order chi connectivity index (χ1) is 23.1. The second-order valence-electron chi connectivity index (χ2n) is 13.5. The average Bonchev–Trinajstić information content (AvgIpc) is 3.38. The lowest BCUT2D eigenvalue weighted by Gasteiger charge is -2.23. The molecule has 48 heavy (non-hydrogen) atoms. The fraction of sp³-hybridized carbons (Fsp3) is 0.389. The number of carbonyl (C=O) groups is 2. The second-order valence-corrected chi connectivity index (χ2v) is 13.5. The lowest BCUT2D eigenvalue weighted by Crippen LogP contribution is -2.40. The molecule has 1 aromatic carbocycles. The van der Waals surface area contributed by atoms with Crippen molar-refractivity contribution in [1.29, 1.82) is 0 Å². The number of carbonyl (C=O) groups excluding carboxylic acids is 2. The largest absolute Gasteiger partial charge is 0.482 e. The second kappa shape index (κ2) is 11.4. The van der Waals surface area contributed by atoms with Crippen molar-refractivity contribution in [3.8, 4) is 17.3 Å². The normalized spacial score (nSPS) is 21.0. The number of hydrogen-bond acceptors (Lipinski definition) is 6. The lowest BCUT2D eigenvalue weighted by atomic mass is 9.97. The Morgan fingerprint density at radius 2 is 1.88 bits per heavy atom. The molecule has 1 saturated carbocycles. The van der Waals surface area contributed by atoms with Crippen LogP contribution in [0.3, 0.4) is 0 Å². The molecule has 3 N–H and O–H groups in total. The van der Waals surface area contributed by atoms with Gasteiger partial charge >= 0.3 is 0 Å². The van der Waals surface area contributed by atoms with E-state index in [1.54, 1.807) is 20.1 Å². The van der Waals surface area contributed by atoms with Crippen molar-refractivity contribution in [2.45, 2.75) is 76.7 Å². The summed E-state index contributed by atoms with van der Waals surface area (Å²) in [5.41, 5.74) is 11.1. The fourth-order valence-corrected chi connectivity index (χ4v) is 7.64. The maximum Gasteiger partial charge on any atom is 0.254 e. The van der Waals surface area contributed by atoms with E-state index in [1.807, 2.05) is 34.4 Å². The number of pyridine rings is 2. The Hall–Kier alpha value is -4.84. The number of aromatic nitrogens is 4. The van der Waals surface area contributed by atoms with Crippen LogP contribution in [0.15, 0.2) is 48.5 Å². The summed E-state index contributed by atoms with van der Waals surface area (Å²) in [6.07, 6.45) is 5.00. The van der Waals surface area contributed by atoms with Crippen molar-refractivity contribution < 1.29 is 23.1 Å². The molecule has 4 atom stereocenters. The number of ether oxygens (including phenoxy) is 1. The first-order valence-electron chi connectivity index (χ1n) is 16.5. The quantitative estimate of drug-likeness (QED) is 0.227. The van der Waals surface area contributed by atoms with E-state index >= 15 is 0 Å². The minimum atomic E-state index is -0.922. The molecule has 4 aromatic heterocycles. The van der Waals surface area contributed by atoms with E-state index in [-0.39, 0.29) is 29.6 Å². The summed E-state index contributed by atoms with van der Waals surface area (Å²) in [5.74, 6) is -1.32. The molecule has 8 rings (SSSR count). The summed E-state index contributed by atoms with van der Waals surface area (Å²) >= 11 is 0. The van der Waals surface area contributed by atoms with Crippen LogP contribution < -0.4 is 15.8 Å². The van der Waals surface area contributed by atoms with E-state index in [2.05, 4.69) is 16.0 Å². The van der Waals surface area contributed by atoms with Gasteiger partial charge in [0.25, 0.3) is 11.8 Å². The molecular formula is C36H37F2N7O3. The summed E-state index contributed by atoms with van der Waals surface area (Å²) in [6.45, 7) is 4.52. The highest BCUT2D eigenvalue weighted by Crippen LogP contribution is 2.40. The van der Waals surface area contributed by atoms with Gasteiger partial charge in [0, 0.05) is 47.8 Å². The van der Waals surface area contributed by atoms with Crippen LogP contribution in [0.5, 0.6) is 5.88 Å². The summed E-state index contributed by atoms with van der Waals surface area (Å²) in [4.78, 5) is 38.7. The van der Waals surface area contributed by atoms with Gasteiger partial charge in [0.1, 0.15) is 28.6 Å². The standard InChI is InChI=1S/C36H37F2N7O3/c1-18(40-35(46)25-9-7-23(37)15-26(25)38)28-10-6-21-12-30(43(34(21)41-28)17-20-4-5-20)33-19(2)44-31(42-33)13-22(14-32(44)48-3)36(47)45-24-8-11-29(45)27(39)16-24/h6-7,9-10,12-15,18,20,24,27,29H,4-5,8,11,16-17,39H2,1-3H3,(H,40,46)/t18-,24+,27-,29-/m1/s1. The third-order valence-electron chi connectivity index (χ3n) is 10.3. The van der Waals surface area contributed by atoms with Crippen molar-refractivity contribution >= 4 is 28.5 Å². The van der Waals surface area contributed by atoms with Gasteiger partial charge in [0.2, 0.25) is 0 Å². The Labute approximate surface area is 275 Å². The van der Waals surface area contributed by atoms with E-state index in [1.165, 1.54) is 0 Å². The molecule has 6 heterocycles. The van der Waals surface area contributed by atoms with Crippen molar-refractivity contribution in [2.75, 3.05) is 7.11 Å². The van der Waals surface area contributed by atoms with Crippen LogP contribution in [0.4, 0.5) is 8.78 Å². The lowest BCUT2D eigenvalue weighted by molar-refractivity contribution is 0.0725. The van der Waals surface area contributed by atoms with Gasteiger partial charge in [-0.2, -0.15) is 0 Å². The summed E-state index contributed by atoms with van der Waals surface area (Å²) < 4.78 is 37.6. The number of halogens is 2. The Kier molecular flexibility index (Phi) is 7.24. The molecule has 1 aliphatic carbocycles. The SMILES string of the molecule is COc1cc(C(=O)N2[C@H]3CC[C@@H]2[C@H](N)C3)cc2nc(-c3cc4ccc([C@@H](C)NC(=O)c5ccc(F)cc5F)nc4n3CC3CC3)c(C)n12. The first kappa shape index (κ1) is 30.5. The monoisotopic (exact) mass is 653 g/mol. The number of aryl methyl sites for hydroxylation is 1. The van der Waals surface area contributed by atoms with Crippen LogP contribution in [0.2, 0.25) is 0 Å². The highest BCUT2D eigenvalue weighted by atomic mass is 19.1. The molecule has 0 unspecified atom stereocenters. The molecule has 3 aliphatic rings. The maximum atomic E-state index is 14.3. The fourth-order valence-electron chi connectivity index (χ4n) is 7.64. The average molecular weight is 654 g/mol. The molecule has 2 aliphatic heterocycles. The van der Waals surface area contributed by atoms with Crippen LogP contribution in [0.25, 0.3) is 28.1 Å². The third kappa shape index (κ3) is 5.01. The van der Waals surface area contributed by atoms with E-state index in [4.69, 9.17) is 20.4 Å². The van der Waals surface area contributed by atoms with E-state index in [0.717, 1.165) is 78.9 Å².